The van der Waals surface area contributed by atoms with E-state index >= 15 is 0 Å². The van der Waals surface area contributed by atoms with E-state index in [4.69, 9.17) is 4.74 Å². The van der Waals surface area contributed by atoms with Gasteiger partial charge in [-0.25, -0.2) is 4.98 Å². The number of aromatic nitrogens is 1. The number of aryl methyl sites for hydroxylation is 1. The van der Waals surface area contributed by atoms with Crippen molar-refractivity contribution in [2.45, 2.75) is 13.8 Å². The van der Waals surface area contributed by atoms with E-state index in [2.05, 4.69) is 10.3 Å². The molecule has 0 bridgehead atoms. The number of nitrogens with one attached hydrogen (secondary N) is 1. The molecule has 5 heteroatoms. The third kappa shape index (κ3) is 2.68. The number of carbonyl (C=O) groups excluding carboxylic acids is 1. The summed E-state index contributed by atoms with van der Waals surface area (Å²) in [6.07, 6.45) is 0. The van der Waals surface area contributed by atoms with Crippen LogP contribution in [0.15, 0.2) is 24.3 Å². The minimum Gasteiger partial charge on any atom is -0.497 e. The van der Waals surface area contributed by atoms with Gasteiger partial charge in [0.15, 0.2) is 10.9 Å². The number of hydrogen-bond acceptors (Lipinski definition) is 5. The second-order valence-corrected chi connectivity index (χ2v) is 4.84. The summed E-state index contributed by atoms with van der Waals surface area (Å²) in [6.45, 7) is 3.39. The Bertz CT molecular complexity index is 561. The van der Waals surface area contributed by atoms with E-state index in [1.54, 1.807) is 14.0 Å². The third-order valence-corrected chi connectivity index (χ3v) is 3.63. The lowest BCUT2D eigenvalue weighted by Crippen LogP contribution is -1.90. The number of rotatable bonds is 4. The number of Topliss-reactive ketones (excluding diaryl/α,β-unsaturated/α-hetero) is 1. The van der Waals surface area contributed by atoms with Crippen LogP contribution in [-0.2, 0) is 0 Å². The van der Waals surface area contributed by atoms with Gasteiger partial charge in [0.2, 0.25) is 0 Å². The maximum atomic E-state index is 11.3. The van der Waals surface area contributed by atoms with Crippen LogP contribution in [0.2, 0.25) is 0 Å². The Morgan fingerprint density at radius 2 is 2.00 bits per heavy atom. The van der Waals surface area contributed by atoms with Crippen molar-refractivity contribution in [1.29, 1.82) is 0 Å². The molecule has 0 saturated heterocycles. The summed E-state index contributed by atoms with van der Waals surface area (Å²) in [6, 6.07) is 7.55. The summed E-state index contributed by atoms with van der Waals surface area (Å²) in [7, 11) is 1.63. The van der Waals surface area contributed by atoms with Gasteiger partial charge in [0, 0.05) is 12.6 Å². The quantitative estimate of drug-likeness (QED) is 0.858. The van der Waals surface area contributed by atoms with Gasteiger partial charge in [0.25, 0.3) is 0 Å². The molecule has 0 aliphatic rings. The van der Waals surface area contributed by atoms with Crippen molar-refractivity contribution >= 4 is 27.9 Å². The zero-order valence-electron chi connectivity index (χ0n) is 10.5. The van der Waals surface area contributed by atoms with E-state index in [1.165, 1.54) is 11.3 Å². The van der Waals surface area contributed by atoms with Crippen molar-refractivity contribution in [3.63, 3.8) is 0 Å². The number of ketones is 1. The summed E-state index contributed by atoms with van der Waals surface area (Å²) in [5, 5.41) is 3.90. The third-order valence-electron chi connectivity index (χ3n) is 2.46. The minimum absolute atomic E-state index is 0.0489. The molecule has 0 atom stereocenters. The Balaban J connectivity index is 2.18. The molecule has 4 nitrogen and oxygen atoms in total. The predicted octanol–water partition coefficient (Wildman–Crippen LogP) is 3.41. The molecule has 0 saturated carbocycles. The molecule has 0 spiro atoms. The Kier molecular flexibility index (Phi) is 3.62. The molecular formula is C13H14N2O2S. The van der Waals surface area contributed by atoms with Gasteiger partial charge in [-0.05, 0) is 31.2 Å². The Morgan fingerprint density at radius 3 is 2.50 bits per heavy atom. The SMILES string of the molecule is COc1ccc(Nc2nc(C)c(C(C)=O)s2)cc1. The number of carbonyl (C=O) groups is 1. The zero-order valence-corrected chi connectivity index (χ0v) is 11.3. The number of anilines is 2. The standard InChI is InChI=1S/C13H14N2O2S/c1-8-12(9(2)16)18-13(14-8)15-10-4-6-11(17-3)7-5-10/h4-7H,1-3H3,(H,14,15). The molecule has 1 aromatic heterocycles. The first kappa shape index (κ1) is 12.6. The fraction of sp³-hybridized carbons (Fsp3) is 0.231. The van der Waals surface area contributed by atoms with Crippen LogP contribution in [0.5, 0.6) is 5.75 Å². The fourth-order valence-corrected chi connectivity index (χ4v) is 2.46. The van der Waals surface area contributed by atoms with Crippen molar-refractivity contribution in [2.75, 3.05) is 12.4 Å². The highest BCUT2D eigenvalue weighted by Gasteiger charge is 2.11. The van der Waals surface area contributed by atoms with Crippen LogP contribution in [0.25, 0.3) is 0 Å². The van der Waals surface area contributed by atoms with Crippen LogP contribution in [0, 0.1) is 6.92 Å². The van der Waals surface area contributed by atoms with E-state index in [9.17, 15) is 4.79 Å². The van der Waals surface area contributed by atoms with Crippen molar-refractivity contribution in [3.8, 4) is 5.75 Å². The number of methoxy groups -OCH3 is 1. The van der Waals surface area contributed by atoms with Gasteiger partial charge in [0.1, 0.15) is 5.75 Å². The lowest BCUT2D eigenvalue weighted by molar-refractivity contribution is 0.102. The topological polar surface area (TPSA) is 51.2 Å². The molecule has 0 radical (unpaired) electrons. The Morgan fingerprint density at radius 1 is 1.33 bits per heavy atom. The van der Waals surface area contributed by atoms with Crippen molar-refractivity contribution in [3.05, 3.63) is 34.8 Å². The van der Waals surface area contributed by atoms with Crippen LogP contribution < -0.4 is 10.1 Å². The van der Waals surface area contributed by atoms with E-state index < -0.39 is 0 Å². The van der Waals surface area contributed by atoms with Crippen LogP contribution in [-0.4, -0.2) is 17.9 Å². The molecule has 0 fully saturated rings. The van der Waals surface area contributed by atoms with Gasteiger partial charge in [-0.15, -0.1) is 0 Å². The summed E-state index contributed by atoms with van der Waals surface area (Å²) >= 11 is 1.37. The monoisotopic (exact) mass is 262 g/mol. The van der Waals surface area contributed by atoms with Crippen LogP contribution in [0.1, 0.15) is 22.3 Å². The number of benzene rings is 1. The molecule has 0 aliphatic heterocycles. The highest BCUT2D eigenvalue weighted by atomic mass is 32.1. The molecule has 1 aromatic carbocycles. The maximum Gasteiger partial charge on any atom is 0.188 e. The average molecular weight is 262 g/mol. The summed E-state index contributed by atoms with van der Waals surface area (Å²) in [5.74, 6) is 0.855. The van der Waals surface area contributed by atoms with Crippen molar-refractivity contribution in [1.82, 2.24) is 4.98 Å². The molecule has 2 rings (SSSR count). The van der Waals surface area contributed by atoms with Crippen molar-refractivity contribution < 1.29 is 9.53 Å². The minimum atomic E-state index is 0.0489. The second-order valence-electron chi connectivity index (χ2n) is 3.84. The highest BCUT2D eigenvalue weighted by molar-refractivity contribution is 7.17. The first-order chi connectivity index (χ1) is 8.60. The Labute approximate surface area is 110 Å². The predicted molar refractivity (Wildman–Crippen MR) is 73.1 cm³/mol. The van der Waals surface area contributed by atoms with Crippen molar-refractivity contribution in [2.24, 2.45) is 0 Å². The molecule has 0 aliphatic carbocycles. The zero-order chi connectivity index (χ0) is 13.1. The molecule has 1 N–H and O–H groups in total. The van der Waals surface area contributed by atoms with Gasteiger partial charge in [-0.3, -0.25) is 4.79 Å². The second kappa shape index (κ2) is 5.18. The molecule has 0 unspecified atom stereocenters. The molecule has 2 aromatic rings. The van der Waals surface area contributed by atoms with E-state index in [0.29, 0.717) is 4.88 Å². The van der Waals surface area contributed by atoms with Crippen LogP contribution >= 0.6 is 11.3 Å². The first-order valence-electron chi connectivity index (χ1n) is 5.49. The first-order valence-corrected chi connectivity index (χ1v) is 6.31. The van der Waals surface area contributed by atoms with Gasteiger partial charge < -0.3 is 10.1 Å². The molecule has 18 heavy (non-hydrogen) atoms. The number of hydrogen-bond donors (Lipinski definition) is 1. The lowest BCUT2D eigenvalue weighted by atomic mass is 10.3. The molecular weight excluding hydrogens is 248 g/mol. The van der Waals surface area contributed by atoms with E-state index in [1.807, 2.05) is 31.2 Å². The van der Waals surface area contributed by atoms with Gasteiger partial charge in [-0.1, -0.05) is 11.3 Å². The lowest BCUT2D eigenvalue weighted by Gasteiger charge is -2.03. The fourth-order valence-electron chi connectivity index (χ4n) is 1.57. The Hall–Kier alpha value is -1.88. The van der Waals surface area contributed by atoms with E-state index in [-0.39, 0.29) is 5.78 Å². The van der Waals surface area contributed by atoms with Crippen LogP contribution in [0.3, 0.4) is 0 Å². The van der Waals surface area contributed by atoms with Gasteiger partial charge >= 0.3 is 0 Å². The summed E-state index contributed by atoms with van der Waals surface area (Å²) < 4.78 is 5.09. The smallest absolute Gasteiger partial charge is 0.188 e. The molecule has 94 valence electrons. The number of nitrogens with zero attached hydrogens (tertiary/aromatic N) is 1. The number of thiazole rings is 1. The maximum absolute atomic E-state index is 11.3. The largest absolute Gasteiger partial charge is 0.497 e. The van der Waals surface area contributed by atoms with Crippen LogP contribution in [0.4, 0.5) is 10.8 Å². The molecule has 1 heterocycles. The average Bonchev–Trinajstić information content (AvgIpc) is 2.71. The normalized spacial score (nSPS) is 10.2. The van der Waals surface area contributed by atoms with Gasteiger partial charge in [0.05, 0.1) is 17.7 Å². The summed E-state index contributed by atoms with van der Waals surface area (Å²) in [4.78, 5) is 16.4. The number of ether oxygens (including phenoxy) is 1. The highest BCUT2D eigenvalue weighted by Crippen LogP contribution is 2.26. The summed E-state index contributed by atoms with van der Waals surface area (Å²) in [5.41, 5.74) is 1.68. The van der Waals surface area contributed by atoms with E-state index in [0.717, 1.165) is 22.3 Å². The van der Waals surface area contributed by atoms with Gasteiger partial charge in [-0.2, -0.15) is 0 Å². The molecule has 0 amide bonds.